The third-order valence-corrected chi connectivity index (χ3v) is 7.17. The minimum atomic E-state index is -1.01. The third kappa shape index (κ3) is 3.58. The van der Waals surface area contributed by atoms with E-state index in [0.29, 0.717) is 16.6 Å². The van der Waals surface area contributed by atoms with Gasteiger partial charge in [0.25, 0.3) is 0 Å². The highest BCUT2D eigenvalue weighted by molar-refractivity contribution is 7.79. The Morgan fingerprint density at radius 1 is 0.786 bits per heavy atom. The Hall–Kier alpha value is -2.90. The van der Waals surface area contributed by atoms with Crippen molar-refractivity contribution >= 4 is 34.8 Å². The fourth-order valence-corrected chi connectivity index (χ4v) is 5.42. The average Bonchev–Trinajstić information content (AvgIpc) is 2.71. The van der Waals surface area contributed by atoms with Gasteiger partial charge in [0.15, 0.2) is 0 Å². The first-order chi connectivity index (χ1) is 13.5. The maximum absolute atomic E-state index is 13.0. The second-order valence-electron chi connectivity index (χ2n) is 6.83. The van der Waals surface area contributed by atoms with Crippen LogP contribution in [0.2, 0.25) is 0 Å². The SMILES string of the molecule is COc1ccc2cc(P(c3ccc(C)cc3)c3ccc(C)cc3)c(=O)oc2c1. The zero-order chi connectivity index (χ0) is 19.7. The van der Waals surface area contributed by atoms with Gasteiger partial charge < -0.3 is 9.15 Å². The van der Waals surface area contributed by atoms with E-state index in [1.54, 1.807) is 13.2 Å². The molecule has 0 aliphatic rings. The summed E-state index contributed by atoms with van der Waals surface area (Å²) in [7, 11) is 0.585. The first-order valence-corrected chi connectivity index (χ1v) is 10.4. The molecule has 0 N–H and O–H groups in total. The Labute approximate surface area is 165 Å². The summed E-state index contributed by atoms with van der Waals surface area (Å²) in [6.07, 6.45) is 0. The number of methoxy groups -OCH3 is 1. The molecule has 140 valence electrons. The van der Waals surface area contributed by atoms with Gasteiger partial charge in [-0.05, 0) is 50.6 Å². The number of benzene rings is 3. The number of hydrogen-bond acceptors (Lipinski definition) is 3. The molecule has 1 heterocycles. The van der Waals surface area contributed by atoms with Crippen molar-refractivity contribution in [2.45, 2.75) is 13.8 Å². The van der Waals surface area contributed by atoms with Gasteiger partial charge in [-0.25, -0.2) is 4.79 Å². The van der Waals surface area contributed by atoms with Crippen molar-refractivity contribution in [2.24, 2.45) is 0 Å². The first kappa shape index (κ1) is 18.5. The van der Waals surface area contributed by atoms with Crippen molar-refractivity contribution in [2.75, 3.05) is 7.11 Å². The summed E-state index contributed by atoms with van der Waals surface area (Å²) in [5.41, 5.74) is 2.63. The molecule has 4 aromatic rings. The molecule has 1 aromatic heterocycles. The lowest BCUT2D eigenvalue weighted by atomic mass is 10.2. The molecule has 3 nitrogen and oxygen atoms in total. The van der Waals surface area contributed by atoms with Crippen molar-refractivity contribution < 1.29 is 9.15 Å². The molecule has 0 unspecified atom stereocenters. The van der Waals surface area contributed by atoms with Crippen LogP contribution in [-0.2, 0) is 0 Å². The van der Waals surface area contributed by atoms with Crippen LogP contribution in [0.1, 0.15) is 11.1 Å². The van der Waals surface area contributed by atoms with Crippen LogP contribution in [0.25, 0.3) is 11.0 Å². The predicted octanol–water partition coefficient (Wildman–Crippen LogP) is 4.18. The minimum Gasteiger partial charge on any atom is -0.497 e. The van der Waals surface area contributed by atoms with Crippen LogP contribution in [0.3, 0.4) is 0 Å². The van der Waals surface area contributed by atoms with Gasteiger partial charge in [0, 0.05) is 11.5 Å². The van der Waals surface area contributed by atoms with E-state index in [2.05, 4.69) is 62.4 Å². The van der Waals surface area contributed by atoms with Crippen LogP contribution in [0.15, 0.2) is 82.0 Å². The number of aryl methyl sites for hydroxylation is 2. The molecular weight excluding hydrogens is 367 g/mol. The molecule has 4 heteroatoms. The molecule has 28 heavy (non-hydrogen) atoms. The van der Waals surface area contributed by atoms with E-state index in [1.807, 2.05) is 18.2 Å². The quantitative estimate of drug-likeness (QED) is 0.389. The maximum atomic E-state index is 13.0. The van der Waals surface area contributed by atoms with Gasteiger partial charge in [-0.15, -0.1) is 0 Å². The molecule has 0 saturated carbocycles. The average molecular weight is 388 g/mol. The zero-order valence-corrected chi connectivity index (χ0v) is 17.0. The lowest BCUT2D eigenvalue weighted by molar-refractivity contribution is 0.414. The Kier molecular flexibility index (Phi) is 5.02. The van der Waals surface area contributed by atoms with Crippen molar-refractivity contribution in [3.8, 4) is 5.75 Å². The minimum absolute atomic E-state index is 0.298. The smallest absolute Gasteiger partial charge is 0.344 e. The molecule has 0 atom stereocenters. The molecule has 0 spiro atoms. The van der Waals surface area contributed by atoms with Gasteiger partial charge in [0.05, 0.1) is 12.4 Å². The molecule has 0 fully saturated rings. The van der Waals surface area contributed by atoms with Crippen LogP contribution in [-0.4, -0.2) is 7.11 Å². The van der Waals surface area contributed by atoms with Gasteiger partial charge in [-0.1, -0.05) is 59.7 Å². The Morgan fingerprint density at radius 2 is 1.36 bits per heavy atom. The van der Waals surface area contributed by atoms with Gasteiger partial charge in [-0.3, -0.25) is 0 Å². The second-order valence-corrected chi connectivity index (χ2v) is 9.01. The lowest BCUT2D eigenvalue weighted by Gasteiger charge is -2.19. The number of rotatable bonds is 4. The van der Waals surface area contributed by atoms with E-state index < -0.39 is 7.92 Å². The highest BCUT2D eigenvalue weighted by atomic mass is 31.1. The number of fused-ring (bicyclic) bond motifs is 1. The Balaban J connectivity index is 1.93. The molecule has 4 rings (SSSR count). The number of ether oxygens (including phenoxy) is 1. The largest absolute Gasteiger partial charge is 0.497 e. The summed E-state index contributed by atoms with van der Waals surface area (Å²) in [6, 6.07) is 24.3. The van der Waals surface area contributed by atoms with Gasteiger partial charge in [-0.2, -0.15) is 0 Å². The van der Waals surface area contributed by atoms with E-state index in [1.165, 1.54) is 11.1 Å². The normalized spacial score (nSPS) is 11.1. The van der Waals surface area contributed by atoms with Crippen LogP contribution in [0.5, 0.6) is 5.75 Å². The van der Waals surface area contributed by atoms with E-state index in [9.17, 15) is 4.79 Å². The first-order valence-electron chi connectivity index (χ1n) is 9.10. The fourth-order valence-electron chi connectivity index (χ4n) is 3.18. The summed E-state index contributed by atoms with van der Waals surface area (Å²) in [5.74, 6) is 0.669. The second kappa shape index (κ2) is 7.61. The van der Waals surface area contributed by atoms with Crippen LogP contribution in [0, 0.1) is 13.8 Å². The summed E-state index contributed by atoms with van der Waals surface area (Å²) in [4.78, 5) is 13.0. The number of hydrogen-bond donors (Lipinski definition) is 0. The molecule has 0 aliphatic heterocycles. The summed E-state index contributed by atoms with van der Waals surface area (Å²) >= 11 is 0. The van der Waals surface area contributed by atoms with Crippen LogP contribution in [0.4, 0.5) is 0 Å². The standard InChI is InChI=1S/C24H21O3P/c1-16-4-10-20(11-5-16)28(21-12-6-17(2)7-13-21)23-14-18-8-9-19(26-3)15-22(18)27-24(23)25/h4-15H,1-3H3. The summed E-state index contributed by atoms with van der Waals surface area (Å²) < 4.78 is 10.9. The van der Waals surface area contributed by atoms with Crippen LogP contribution < -0.4 is 26.3 Å². The molecule has 0 radical (unpaired) electrons. The highest BCUT2D eigenvalue weighted by Gasteiger charge is 2.21. The molecular formula is C24H21O3P. The van der Waals surface area contributed by atoms with E-state index in [-0.39, 0.29) is 5.63 Å². The fraction of sp³-hybridized carbons (Fsp3) is 0.125. The van der Waals surface area contributed by atoms with Crippen molar-refractivity contribution in [1.29, 1.82) is 0 Å². The van der Waals surface area contributed by atoms with Crippen molar-refractivity contribution in [3.63, 3.8) is 0 Å². The van der Waals surface area contributed by atoms with Crippen molar-refractivity contribution in [3.05, 3.63) is 94.3 Å². The van der Waals surface area contributed by atoms with E-state index in [4.69, 9.17) is 9.15 Å². The lowest BCUT2D eigenvalue weighted by Crippen LogP contribution is -2.30. The molecule has 3 aromatic carbocycles. The topological polar surface area (TPSA) is 39.4 Å². The zero-order valence-electron chi connectivity index (χ0n) is 16.1. The summed E-state index contributed by atoms with van der Waals surface area (Å²) in [6.45, 7) is 4.13. The summed E-state index contributed by atoms with van der Waals surface area (Å²) in [5, 5.41) is 3.84. The van der Waals surface area contributed by atoms with Crippen molar-refractivity contribution in [1.82, 2.24) is 0 Å². The van der Waals surface area contributed by atoms with Crippen LogP contribution >= 0.6 is 7.92 Å². The third-order valence-electron chi connectivity index (χ3n) is 4.75. The molecule has 0 bridgehead atoms. The predicted molar refractivity (Wildman–Crippen MR) is 117 cm³/mol. The monoisotopic (exact) mass is 388 g/mol. The van der Waals surface area contributed by atoms with Gasteiger partial charge >= 0.3 is 5.63 Å². The molecule has 0 amide bonds. The van der Waals surface area contributed by atoms with E-state index >= 15 is 0 Å². The highest BCUT2D eigenvalue weighted by Crippen LogP contribution is 2.33. The maximum Gasteiger partial charge on any atom is 0.344 e. The van der Waals surface area contributed by atoms with Gasteiger partial charge in [0.1, 0.15) is 11.3 Å². The Morgan fingerprint density at radius 3 is 1.89 bits per heavy atom. The molecule has 0 saturated heterocycles. The van der Waals surface area contributed by atoms with Gasteiger partial charge in [0.2, 0.25) is 0 Å². The van der Waals surface area contributed by atoms with E-state index in [0.717, 1.165) is 16.0 Å². The molecule has 0 aliphatic carbocycles. The Bertz CT molecular complexity index is 1130.